The standard InChI is InChI=1S/C17H26O2/c1-2-3-4-5-6-7-8-9-10-11-12-13-14-15-16-17(18)19/h2-4,7-12,15-16H2,1H3,(H,18,19). The van der Waals surface area contributed by atoms with Gasteiger partial charge in [0.25, 0.3) is 0 Å². The summed E-state index contributed by atoms with van der Waals surface area (Å²) in [5.74, 6) is 11.6. The summed E-state index contributed by atoms with van der Waals surface area (Å²) in [6, 6.07) is 0. The molecular formula is C17H26O2. The van der Waals surface area contributed by atoms with E-state index in [-0.39, 0.29) is 6.42 Å². The zero-order chi connectivity index (χ0) is 14.2. The second-order valence-electron chi connectivity index (χ2n) is 4.62. The highest BCUT2D eigenvalue weighted by molar-refractivity contribution is 5.66. The van der Waals surface area contributed by atoms with E-state index >= 15 is 0 Å². The summed E-state index contributed by atoms with van der Waals surface area (Å²) in [5.41, 5.74) is 0. The first-order valence-corrected chi connectivity index (χ1v) is 7.40. The predicted molar refractivity (Wildman–Crippen MR) is 79.6 cm³/mol. The van der Waals surface area contributed by atoms with Crippen molar-refractivity contribution in [1.82, 2.24) is 0 Å². The van der Waals surface area contributed by atoms with Gasteiger partial charge in [-0.3, -0.25) is 4.79 Å². The fourth-order valence-electron chi connectivity index (χ4n) is 1.57. The molecule has 0 aromatic heterocycles. The minimum Gasteiger partial charge on any atom is -0.481 e. The maximum atomic E-state index is 10.2. The number of rotatable bonds is 9. The number of carboxylic acids is 1. The van der Waals surface area contributed by atoms with E-state index < -0.39 is 5.97 Å². The van der Waals surface area contributed by atoms with Gasteiger partial charge in [-0.15, -0.1) is 23.7 Å². The van der Waals surface area contributed by atoms with Crippen molar-refractivity contribution in [1.29, 1.82) is 0 Å². The van der Waals surface area contributed by atoms with Gasteiger partial charge in [0.1, 0.15) is 0 Å². The van der Waals surface area contributed by atoms with Crippen LogP contribution in [0.25, 0.3) is 0 Å². The van der Waals surface area contributed by atoms with E-state index in [1.165, 1.54) is 32.1 Å². The Hall–Kier alpha value is -1.41. The molecule has 0 aliphatic carbocycles. The van der Waals surface area contributed by atoms with Crippen LogP contribution in [0.1, 0.15) is 77.6 Å². The lowest BCUT2D eigenvalue weighted by Crippen LogP contribution is -1.91. The molecule has 0 amide bonds. The molecule has 0 aliphatic rings. The first-order chi connectivity index (χ1) is 9.27. The Kier molecular flexibility index (Phi) is 13.6. The molecule has 0 rings (SSSR count). The van der Waals surface area contributed by atoms with Crippen LogP contribution in [0.5, 0.6) is 0 Å². The average Bonchev–Trinajstić information content (AvgIpc) is 2.39. The Morgan fingerprint density at radius 1 is 0.789 bits per heavy atom. The monoisotopic (exact) mass is 262 g/mol. The van der Waals surface area contributed by atoms with Crippen molar-refractivity contribution in [2.75, 3.05) is 0 Å². The Morgan fingerprint density at radius 2 is 1.26 bits per heavy atom. The summed E-state index contributed by atoms with van der Waals surface area (Å²) >= 11 is 0. The quantitative estimate of drug-likeness (QED) is 0.494. The van der Waals surface area contributed by atoms with Crippen molar-refractivity contribution >= 4 is 5.97 Å². The smallest absolute Gasteiger partial charge is 0.304 e. The first kappa shape index (κ1) is 17.6. The lowest BCUT2D eigenvalue weighted by Gasteiger charge is -1.94. The van der Waals surface area contributed by atoms with Crippen LogP contribution in [-0.2, 0) is 4.79 Å². The second-order valence-corrected chi connectivity index (χ2v) is 4.62. The Morgan fingerprint density at radius 3 is 1.74 bits per heavy atom. The maximum Gasteiger partial charge on any atom is 0.304 e. The molecule has 0 heterocycles. The van der Waals surface area contributed by atoms with Crippen molar-refractivity contribution in [2.24, 2.45) is 0 Å². The summed E-state index contributed by atoms with van der Waals surface area (Å²) in [7, 11) is 0. The fraction of sp³-hybridized carbons (Fsp3) is 0.706. The molecule has 0 atom stereocenters. The normalized spacial score (nSPS) is 9.11. The minimum absolute atomic E-state index is 0.156. The van der Waals surface area contributed by atoms with E-state index in [1.54, 1.807) is 0 Å². The van der Waals surface area contributed by atoms with E-state index in [9.17, 15) is 4.79 Å². The molecule has 0 saturated carbocycles. The molecule has 2 heteroatoms. The molecule has 0 saturated heterocycles. The minimum atomic E-state index is -0.769. The summed E-state index contributed by atoms with van der Waals surface area (Å²) in [5, 5.41) is 8.43. The molecule has 0 unspecified atom stereocenters. The van der Waals surface area contributed by atoms with Crippen LogP contribution in [0.3, 0.4) is 0 Å². The van der Waals surface area contributed by atoms with Crippen molar-refractivity contribution < 1.29 is 9.90 Å². The molecule has 0 spiro atoms. The highest BCUT2D eigenvalue weighted by atomic mass is 16.4. The number of hydrogen-bond acceptors (Lipinski definition) is 1. The van der Waals surface area contributed by atoms with Crippen molar-refractivity contribution in [3.05, 3.63) is 0 Å². The van der Waals surface area contributed by atoms with Gasteiger partial charge in [-0.1, -0.05) is 26.2 Å². The summed E-state index contributed by atoms with van der Waals surface area (Å²) in [4.78, 5) is 10.2. The zero-order valence-corrected chi connectivity index (χ0v) is 12.1. The van der Waals surface area contributed by atoms with Gasteiger partial charge < -0.3 is 5.11 Å². The van der Waals surface area contributed by atoms with Gasteiger partial charge in [0.15, 0.2) is 0 Å². The van der Waals surface area contributed by atoms with E-state index in [2.05, 4.69) is 30.6 Å². The van der Waals surface area contributed by atoms with E-state index in [0.717, 1.165) is 25.7 Å². The van der Waals surface area contributed by atoms with Crippen LogP contribution >= 0.6 is 0 Å². The zero-order valence-electron chi connectivity index (χ0n) is 12.1. The molecular weight excluding hydrogens is 236 g/mol. The molecule has 0 aliphatic heterocycles. The van der Waals surface area contributed by atoms with Crippen LogP contribution < -0.4 is 0 Å². The number of unbranched alkanes of at least 4 members (excludes halogenated alkanes) is 7. The summed E-state index contributed by atoms with van der Waals surface area (Å²) in [6.45, 7) is 2.19. The topological polar surface area (TPSA) is 37.3 Å². The van der Waals surface area contributed by atoms with E-state index in [1.807, 2.05) is 0 Å². The molecule has 0 aromatic rings. The Balaban J connectivity index is 3.22. The molecule has 19 heavy (non-hydrogen) atoms. The predicted octanol–water partition coefficient (Wildman–Crippen LogP) is 4.39. The van der Waals surface area contributed by atoms with Crippen LogP contribution in [0.2, 0.25) is 0 Å². The molecule has 2 nitrogen and oxygen atoms in total. The van der Waals surface area contributed by atoms with E-state index in [0.29, 0.717) is 6.42 Å². The van der Waals surface area contributed by atoms with Crippen LogP contribution in [-0.4, -0.2) is 11.1 Å². The largest absolute Gasteiger partial charge is 0.481 e. The van der Waals surface area contributed by atoms with Gasteiger partial charge in [-0.25, -0.2) is 0 Å². The third-order valence-corrected chi connectivity index (χ3v) is 2.72. The highest BCUT2D eigenvalue weighted by Crippen LogP contribution is 2.04. The Bertz CT molecular complexity index is 336. The number of carboxylic acid groups (broad SMARTS) is 1. The molecule has 1 N–H and O–H groups in total. The first-order valence-electron chi connectivity index (χ1n) is 7.40. The van der Waals surface area contributed by atoms with Crippen LogP contribution in [0.4, 0.5) is 0 Å². The fourth-order valence-corrected chi connectivity index (χ4v) is 1.57. The lowest BCUT2D eigenvalue weighted by molar-refractivity contribution is -0.136. The van der Waals surface area contributed by atoms with Gasteiger partial charge in [-0.2, -0.15) is 0 Å². The number of hydrogen-bond donors (Lipinski definition) is 1. The molecule has 0 radical (unpaired) electrons. The average molecular weight is 262 g/mol. The molecule has 106 valence electrons. The lowest BCUT2D eigenvalue weighted by atomic mass is 10.1. The Labute approximate surface area is 118 Å². The summed E-state index contributed by atoms with van der Waals surface area (Å²) < 4.78 is 0. The highest BCUT2D eigenvalue weighted by Gasteiger charge is 1.91. The molecule has 0 aromatic carbocycles. The SMILES string of the molecule is CCCCC#CCCCCCCC#CCCC(=O)O. The third-order valence-electron chi connectivity index (χ3n) is 2.72. The second kappa shape index (κ2) is 14.7. The number of aliphatic carboxylic acids is 1. The van der Waals surface area contributed by atoms with Crippen LogP contribution in [0, 0.1) is 23.7 Å². The molecule has 0 bridgehead atoms. The van der Waals surface area contributed by atoms with Crippen LogP contribution in [0.15, 0.2) is 0 Å². The number of carbonyl (C=O) groups is 1. The van der Waals surface area contributed by atoms with Gasteiger partial charge in [0.05, 0.1) is 6.42 Å². The van der Waals surface area contributed by atoms with Crippen molar-refractivity contribution in [3.63, 3.8) is 0 Å². The van der Waals surface area contributed by atoms with E-state index in [4.69, 9.17) is 5.11 Å². The van der Waals surface area contributed by atoms with Gasteiger partial charge in [-0.05, 0) is 19.3 Å². The van der Waals surface area contributed by atoms with Gasteiger partial charge >= 0.3 is 5.97 Å². The third kappa shape index (κ3) is 16.6. The van der Waals surface area contributed by atoms with Crippen molar-refractivity contribution in [2.45, 2.75) is 77.6 Å². The summed E-state index contributed by atoms with van der Waals surface area (Å²) in [6.07, 6.45) is 10.7. The van der Waals surface area contributed by atoms with Gasteiger partial charge in [0.2, 0.25) is 0 Å². The van der Waals surface area contributed by atoms with Gasteiger partial charge in [0, 0.05) is 25.7 Å². The molecule has 0 fully saturated rings. The maximum absolute atomic E-state index is 10.2. The van der Waals surface area contributed by atoms with Crippen molar-refractivity contribution in [3.8, 4) is 23.7 Å².